The summed E-state index contributed by atoms with van der Waals surface area (Å²) in [7, 11) is 0. The molecule has 1 heteroatoms. The average Bonchev–Trinajstić information content (AvgIpc) is 1.83. The maximum Gasteiger partial charge on any atom is 0.00775 e. The first kappa shape index (κ1) is 7.28. The molecular weight excluding hydrogens is 98.1 g/mol. The third-order valence-corrected chi connectivity index (χ3v) is 0.911. The van der Waals surface area contributed by atoms with Gasteiger partial charge in [0.2, 0.25) is 0 Å². The minimum absolute atomic E-state index is 0.933. The lowest BCUT2D eigenvalue weighted by molar-refractivity contribution is 1.07. The van der Waals surface area contributed by atoms with Crippen molar-refractivity contribution in [1.82, 2.24) is 0 Å². The van der Waals surface area contributed by atoms with Crippen molar-refractivity contribution in [3.63, 3.8) is 0 Å². The summed E-state index contributed by atoms with van der Waals surface area (Å²) in [6.45, 7) is 4.01. The van der Waals surface area contributed by atoms with E-state index in [2.05, 4.69) is 0 Å². The van der Waals surface area contributed by atoms with E-state index in [1.807, 2.05) is 32.1 Å². The van der Waals surface area contributed by atoms with Gasteiger partial charge in [0.25, 0.3) is 0 Å². The second-order valence-electron chi connectivity index (χ2n) is 1.62. The van der Waals surface area contributed by atoms with Gasteiger partial charge in [0.1, 0.15) is 0 Å². The third-order valence-electron chi connectivity index (χ3n) is 0.911. The molecule has 0 fully saturated rings. The van der Waals surface area contributed by atoms with E-state index in [4.69, 9.17) is 5.73 Å². The van der Waals surface area contributed by atoms with Gasteiger partial charge in [-0.2, -0.15) is 0 Å². The van der Waals surface area contributed by atoms with Crippen LogP contribution < -0.4 is 5.73 Å². The summed E-state index contributed by atoms with van der Waals surface area (Å²) in [5, 5.41) is 0. The summed E-state index contributed by atoms with van der Waals surface area (Å²) in [6, 6.07) is 0. The number of nitrogens with two attached hydrogens (primary N) is 1. The Labute approximate surface area is 50.9 Å². The number of allylic oxidation sites excluding steroid dienone is 4. The van der Waals surface area contributed by atoms with Crippen LogP contribution in [0.25, 0.3) is 0 Å². The number of hydrogen-bond acceptors (Lipinski definition) is 1. The highest BCUT2D eigenvalue weighted by Crippen LogP contribution is 1.89. The van der Waals surface area contributed by atoms with Crippen LogP contribution >= 0.6 is 0 Å². The van der Waals surface area contributed by atoms with E-state index in [1.165, 1.54) is 0 Å². The van der Waals surface area contributed by atoms with E-state index in [0.717, 1.165) is 12.1 Å². The fourth-order valence-electron chi connectivity index (χ4n) is 0.338. The van der Waals surface area contributed by atoms with Crippen LogP contribution in [0.1, 0.15) is 20.3 Å². The first-order valence-corrected chi connectivity index (χ1v) is 2.88. The van der Waals surface area contributed by atoms with Crippen LogP contribution in [0.3, 0.4) is 0 Å². The lowest BCUT2D eigenvalue weighted by Gasteiger charge is -1.88. The highest BCUT2D eigenvalue weighted by molar-refractivity contribution is 5.07. The molecule has 0 amide bonds. The van der Waals surface area contributed by atoms with E-state index in [0.29, 0.717) is 0 Å². The van der Waals surface area contributed by atoms with Crippen molar-refractivity contribution in [2.75, 3.05) is 0 Å². The van der Waals surface area contributed by atoms with Crippen LogP contribution in [-0.4, -0.2) is 0 Å². The predicted molar refractivity (Wildman–Crippen MR) is 37.4 cm³/mol. The molecule has 46 valence electrons. The molecule has 0 aromatic carbocycles. The molecule has 0 spiro atoms. The predicted octanol–water partition coefficient (Wildman–Crippen LogP) is 1.82. The smallest absolute Gasteiger partial charge is 0.00775 e. The summed E-state index contributed by atoms with van der Waals surface area (Å²) in [5.41, 5.74) is 6.40. The van der Waals surface area contributed by atoms with Crippen LogP contribution in [0.4, 0.5) is 0 Å². The summed E-state index contributed by atoms with van der Waals surface area (Å²) in [5.74, 6) is 0. The molecule has 0 atom stereocenters. The quantitative estimate of drug-likeness (QED) is 0.540. The lowest BCUT2D eigenvalue weighted by Crippen LogP contribution is -1.92. The lowest BCUT2D eigenvalue weighted by atomic mass is 10.3. The molecular formula is C7H13N. The zero-order valence-corrected chi connectivity index (χ0v) is 5.52. The summed E-state index contributed by atoms with van der Waals surface area (Å²) in [6.07, 6.45) is 6.76. The maximum absolute atomic E-state index is 5.47. The molecule has 0 aliphatic rings. The number of hydrogen-bond donors (Lipinski definition) is 1. The maximum atomic E-state index is 5.47. The van der Waals surface area contributed by atoms with Crippen molar-refractivity contribution >= 4 is 0 Å². The van der Waals surface area contributed by atoms with E-state index in [9.17, 15) is 0 Å². The normalized spacial score (nSPS) is 13.0. The molecule has 0 radical (unpaired) electrons. The topological polar surface area (TPSA) is 26.0 Å². The summed E-state index contributed by atoms with van der Waals surface area (Å²) < 4.78 is 0. The highest BCUT2D eigenvalue weighted by Gasteiger charge is 1.76. The minimum atomic E-state index is 0.933. The Morgan fingerprint density at radius 3 is 2.62 bits per heavy atom. The molecule has 0 saturated carbocycles. The molecule has 0 aromatic heterocycles. The van der Waals surface area contributed by atoms with Crippen molar-refractivity contribution in [3.8, 4) is 0 Å². The Kier molecular flexibility index (Phi) is 4.04. The molecule has 0 aliphatic carbocycles. The standard InChI is InChI=1S/C7H13N/c1-3-5-6-7(8)4-2/h3,5-6H,4,8H2,1-2H3/b5-3-,7-6-. The molecule has 0 bridgehead atoms. The Balaban J connectivity index is 3.57. The van der Waals surface area contributed by atoms with E-state index in [-0.39, 0.29) is 0 Å². The Bertz CT molecular complexity index is 101. The van der Waals surface area contributed by atoms with Crippen LogP contribution in [0.2, 0.25) is 0 Å². The molecule has 0 heterocycles. The van der Waals surface area contributed by atoms with Crippen molar-refractivity contribution in [2.24, 2.45) is 5.73 Å². The van der Waals surface area contributed by atoms with E-state index >= 15 is 0 Å². The van der Waals surface area contributed by atoms with Crippen LogP contribution in [0.5, 0.6) is 0 Å². The van der Waals surface area contributed by atoms with Crippen molar-refractivity contribution in [3.05, 3.63) is 23.9 Å². The van der Waals surface area contributed by atoms with Crippen LogP contribution in [0.15, 0.2) is 23.9 Å². The van der Waals surface area contributed by atoms with Gasteiger partial charge in [-0.3, -0.25) is 0 Å². The highest BCUT2D eigenvalue weighted by atomic mass is 14.6. The summed E-state index contributed by atoms with van der Waals surface area (Å²) >= 11 is 0. The fourth-order valence-corrected chi connectivity index (χ4v) is 0.338. The average molecular weight is 111 g/mol. The second kappa shape index (κ2) is 4.44. The second-order valence-corrected chi connectivity index (χ2v) is 1.62. The van der Waals surface area contributed by atoms with Gasteiger partial charge in [0, 0.05) is 5.70 Å². The molecule has 0 aliphatic heterocycles. The summed E-state index contributed by atoms with van der Waals surface area (Å²) in [4.78, 5) is 0. The van der Waals surface area contributed by atoms with Crippen molar-refractivity contribution in [2.45, 2.75) is 20.3 Å². The third kappa shape index (κ3) is 3.47. The van der Waals surface area contributed by atoms with E-state index < -0.39 is 0 Å². The molecule has 1 nitrogen and oxygen atoms in total. The van der Waals surface area contributed by atoms with Gasteiger partial charge >= 0.3 is 0 Å². The van der Waals surface area contributed by atoms with Crippen molar-refractivity contribution in [1.29, 1.82) is 0 Å². The zero-order chi connectivity index (χ0) is 6.41. The largest absolute Gasteiger partial charge is 0.402 e. The molecule has 0 aromatic rings. The Hall–Kier alpha value is -0.720. The molecule has 2 N–H and O–H groups in total. The monoisotopic (exact) mass is 111 g/mol. The van der Waals surface area contributed by atoms with Crippen molar-refractivity contribution < 1.29 is 0 Å². The zero-order valence-electron chi connectivity index (χ0n) is 5.52. The first-order chi connectivity index (χ1) is 3.81. The molecule has 0 saturated heterocycles. The molecule has 0 rings (SSSR count). The van der Waals surface area contributed by atoms with Gasteiger partial charge < -0.3 is 5.73 Å². The minimum Gasteiger partial charge on any atom is -0.402 e. The van der Waals surface area contributed by atoms with Gasteiger partial charge in [0.15, 0.2) is 0 Å². The SMILES string of the molecule is C/C=C\C=C(/N)CC. The van der Waals surface area contributed by atoms with Gasteiger partial charge in [-0.1, -0.05) is 19.1 Å². The van der Waals surface area contributed by atoms with Gasteiger partial charge in [-0.15, -0.1) is 0 Å². The van der Waals surface area contributed by atoms with Crippen LogP contribution in [0, 0.1) is 0 Å². The van der Waals surface area contributed by atoms with Gasteiger partial charge in [-0.25, -0.2) is 0 Å². The first-order valence-electron chi connectivity index (χ1n) is 2.88. The Morgan fingerprint density at radius 1 is 1.62 bits per heavy atom. The number of rotatable bonds is 2. The van der Waals surface area contributed by atoms with E-state index in [1.54, 1.807) is 0 Å². The molecule has 0 unspecified atom stereocenters. The fraction of sp³-hybridized carbons (Fsp3) is 0.429. The van der Waals surface area contributed by atoms with Gasteiger partial charge in [-0.05, 0) is 19.4 Å². The molecule has 8 heavy (non-hydrogen) atoms. The van der Waals surface area contributed by atoms with Gasteiger partial charge in [0.05, 0.1) is 0 Å². The van der Waals surface area contributed by atoms with Crippen LogP contribution in [-0.2, 0) is 0 Å². The Morgan fingerprint density at radius 2 is 2.25 bits per heavy atom.